The Hall–Kier alpha value is 0.200. The van der Waals surface area contributed by atoms with Gasteiger partial charge in [-0.3, -0.25) is 4.21 Å². The molecule has 1 aliphatic rings. The zero-order chi connectivity index (χ0) is 10.0. The predicted octanol–water partition coefficient (Wildman–Crippen LogP) is 2.50. The van der Waals surface area contributed by atoms with Gasteiger partial charge in [-0.15, -0.1) is 6.58 Å². The zero-order valence-electron chi connectivity index (χ0n) is 7.97. The molecule has 1 heterocycles. The van der Waals surface area contributed by atoms with Gasteiger partial charge in [-0.25, -0.2) is 0 Å². The smallest absolute Gasteiger partial charge is 0.109 e. The van der Waals surface area contributed by atoms with E-state index in [1.54, 1.807) is 0 Å². The minimum atomic E-state index is -0.917. The molecule has 0 aromatic carbocycles. The van der Waals surface area contributed by atoms with Crippen molar-refractivity contribution in [3.63, 3.8) is 0 Å². The van der Waals surface area contributed by atoms with Crippen molar-refractivity contribution in [1.82, 2.24) is 0 Å². The molecule has 0 aromatic heterocycles. The van der Waals surface area contributed by atoms with E-state index in [9.17, 15) is 4.21 Å². The quantitative estimate of drug-likeness (QED) is 0.586. The summed E-state index contributed by atoms with van der Waals surface area (Å²) in [4.78, 5) is 0. The predicted molar refractivity (Wildman–Crippen MR) is 59.1 cm³/mol. The molecule has 76 valence electrons. The van der Waals surface area contributed by atoms with Crippen molar-refractivity contribution in [2.75, 3.05) is 0 Å². The Kier molecular flexibility index (Phi) is 4.01. The van der Waals surface area contributed by atoms with Gasteiger partial charge in [0.25, 0.3) is 0 Å². The highest BCUT2D eigenvalue weighted by Crippen LogP contribution is 2.40. The van der Waals surface area contributed by atoms with Gasteiger partial charge < -0.3 is 4.55 Å². The summed E-state index contributed by atoms with van der Waals surface area (Å²) in [5.74, 6) is 0.726. The van der Waals surface area contributed by atoms with E-state index < -0.39 is 10.8 Å². The first kappa shape index (κ1) is 11.3. The lowest BCUT2D eigenvalue weighted by Crippen LogP contribution is -2.16. The van der Waals surface area contributed by atoms with Gasteiger partial charge in [0, 0.05) is 28.1 Å². The Morgan fingerprint density at radius 1 is 1.54 bits per heavy atom. The average molecular weight is 220 g/mol. The van der Waals surface area contributed by atoms with Crippen LogP contribution in [0.4, 0.5) is 0 Å². The van der Waals surface area contributed by atoms with Crippen LogP contribution in [-0.2, 0) is 10.8 Å². The second-order valence-corrected chi connectivity index (χ2v) is 6.37. The maximum Gasteiger partial charge on any atom is 0.109 e. The van der Waals surface area contributed by atoms with E-state index in [-0.39, 0.29) is 9.83 Å². The van der Waals surface area contributed by atoms with Crippen molar-refractivity contribution < 1.29 is 8.76 Å². The second-order valence-electron chi connectivity index (χ2n) is 3.58. The van der Waals surface area contributed by atoms with Gasteiger partial charge in [0.05, 0.1) is 0 Å². The maximum atomic E-state index is 11.8. The first-order valence-corrected chi connectivity index (χ1v) is 6.55. The van der Waals surface area contributed by atoms with Crippen LogP contribution in [0.5, 0.6) is 0 Å². The van der Waals surface area contributed by atoms with Crippen LogP contribution < -0.4 is 0 Å². The van der Waals surface area contributed by atoms with Gasteiger partial charge in [-0.2, -0.15) is 0 Å². The van der Waals surface area contributed by atoms with Crippen LogP contribution in [0.15, 0.2) is 12.7 Å². The van der Waals surface area contributed by atoms with Crippen LogP contribution in [-0.4, -0.2) is 18.6 Å². The fourth-order valence-corrected chi connectivity index (χ4v) is 5.01. The minimum Gasteiger partial charge on any atom is -0.329 e. The van der Waals surface area contributed by atoms with Crippen LogP contribution >= 0.6 is 12.0 Å². The molecule has 13 heavy (non-hydrogen) atoms. The van der Waals surface area contributed by atoms with Crippen molar-refractivity contribution in [3.05, 3.63) is 12.7 Å². The van der Waals surface area contributed by atoms with E-state index in [1.165, 1.54) is 0 Å². The third kappa shape index (κ3) is 2.00. The Morgan fingerprint density at radius 3 is 2.54 bits per heavy atom. The van der Waals surface area contributed by atoms with Crippen LogP contribution in [0.2, 0.25) is 0 Å². The molecule has 1 saturated heterocycles. The highest BCUT2D eigenvalue weighted by molar-refractivity contribution is 8.08. The van der Waals surface area contributed by atoms with Gasteiger partial charge in [-0.05, 0) is 18.3 Å². The Morgan fingerprint density at radius 2 is 2.15 bits per heavy atom. The SMILES string of the molecule is C=CC[C@H]1[C@H](C)[C@@H](C)[C@H](SO)S1=O. The lowest BCUT2D eigenvalue weighted by molar-refractivity contribution is 0.423. The number of hydrogen-bond donors (Lipinski definition) is 1. The molecule has 0 aliphatic carbocycles. The lowest BCUT2D eigenvalue weighted by atomic mass is 9.93. The van der Waals surface area contributed by atoms with Crippen molar-refractivity contribution >= 4 is 22.8 Å². The molecule has 2 nitrogen and oxygen atoms in total. The highest BCUT2D eigenvalue weighted by atomic mass is 32.2. The molecular formula is C9H16O2S2. The molecule has 0 aromatic rings. The molecule has 5 atom stereocenters. The Balaban J connectivity index is 2.77. The second kappa shape index (κ2) is 4.62. The monoisotopic (exact) mass is 220 g/mol. The van der Waals surface area contributed by atoms with Crippen LogP contribution in [0.1, 0.15) is 20.3 Å². The van der Waals surface area contributed by atoms with Gasteiger partial charge in [0.2, 0.25) is 0 Å². The summed E-state index contributed by atoms with van der Waals surface area (Å²) in [5.41, 5.74) is 0. The zero-order valence-corrected chi connectivity index (χ0v) is 9.61. The van der Waals surface area contributed by atoms with Gasteiger partial charge in [0.15, 0.2) is 0 Å². The molecule has 0 radical (unpaired) electrons. The van der Waals surface area contributed by atoms with E-state index in [0.29, 0.717) is 11.8 Å². The summed E-state index contributed by atoms with van der Waals surface area (Å²) in [6.45, 7) is 7.82. The van der Waals surface area contributed by atoms with Crippen LogP contribution in [0.3, 0.4) is 0 Å². The largest absolute Gasteiger partial charge is 0.329 e. The molecule has 1 rings (SSSR count). The molecule has 4 heteroatoms. The normalized spacial score (nSPS) is 45.0. The third-order valence-electron chi connectivity index (χ3n) is 2.88. The fraction of sp³-hybridized carbons (Fsp3) is 0.778. The van der Waals surface area contributed by atoms with Crippen molar-refractivity contribution in [2.24, 2.45) is 11.8 Å². The first-order chi connectivity index (χ1) is 6.13. The Bertz CT molecular complexity index is 218. The molecule has 1 N–H and O–H groups in total. The summed E-state index contributed by atoms with van der Waals surface area (Å²) >= 11 is 0.748. The van der Waals surface area contributed by atoms with Gasteiger partial charge >= 0.3 is 0 Å². The van der Waals surface area contributed by atoms with Gasteiger partial charge in [0.1, 0.15) is 4.58 Å². The van der Waals surface area contributed by atoms with Crippen LogP contribution in [0, 0.1) is 11.8 Å². The summed E-state index contributed by atoms with van der Waals surface area (Å²) in [6, 6.07) is 0. The summed E-state index contributed by atoms with van der Waals surface area (Å²) < 4.78 is 20.7. The van der Waals surface area contributed by atoms with Crippen LogP contribution in [0.25, 0.3) is 0 Å². The van der Waals surface area contributed by atoms with E-state index in [4.69, 9.17) is 4.55 Å². The molecule has 0 bridgehead atoms. The van der Waals surface area contributed by atoms with E-state index >= 15 is 0 Å². The number of allylic oxidation sites excluding steroid dienone is 1. The molecule has 0 spiro atoms. The average Bonchev–Trinajstić information content (AvgIpc) is 2.31. The van der Waals surface area contributed by atoms with Gasteiger partial charge in [-0.1, -0.05) is 19.9 Å². The fourth-order valence-electron chi connectivity index (χ4n) is 1.79. The van der Waals surface area contributed by atoms with E-state index in [1.807, 2.05) is 6.08 Å². The number of hydrogen-bond acceptors (Lipinski definition) is 3. The number of rotatable bonds is 3. The lowest BCUT2D eigenvalue weighted by Gasteiger charge is -2.14. The molecular weight excluding hydrogens is 204 g/mol. The summed E-state index contributed by atoms with van der Waals surface area (Å²) in [7, 11) is -0.917. The summed E-state index contributed by atoms with van der Waals surface area (Å²) in [5, 5.41) is 0.178. The molecule has 0 amide bonds. The molecule has 1 fully saturated rings. The summed E-state index contributed by atoms with van der Waals surface area (Å²) in [6.07, 6.45) is 2.60. The minimum absolute atomic E-state index is 0.111. The standard InChI is InChI=1S/C9H16O2S2/c1-4-5-8-6(2)7(3)9(12-10)13(8)11/h4,6-10H,1,5H2,2-3H3/t6-,7-,8+,9-,13?/m1/s1. The topological polar surface area (TPSA) is 37.3 Å². The Labute approximate surface area is 86.5 Å². The van der Waals surface area contributed by atoms with E-state index in [2.05, 4.69) is 20.4 Å². The highest BCUT2D eigenvalue weighted by Gasteiger charge is 2.44. The first-order valence-electron chi connectivity index (χ1n) is 4.44. The van der Waals surface area contributed by atoms with E-state index in [0.717, 1.165) is 18.5 Å². The molecule has 1 unspecified atom stereocenters. The van der Waals surface area contributed by atoms with Crippen molar-refractivity contribution in [2.45, 2.75) is 30.1 Å². The van der Waals surface area contributed by atoms with Crippen molar-refractivity contribution in [1.29, 1.82) is 0 Å². The van der Waals surface area contributed by atoms with Crippen molar-refractivity contribution in [3.8, 4) is 0 Å². The molecule has 1 aliphatic heterocycles. The maximum absolute atomic E-state index is 11.8. The molecule has 0 saturated carbocycles. The third-order valence-corrected chi connectivity index (χ3v) is 6.45.